The molecule has 0 radical (unpaired) electrons. The molecule has 0 bridgehead atoms. The zero-order valence-electron chi connectivity index (χ0n) is 16.2. The number of ether oxygens (including phenoxy) is 1. The molecule has 2 aliphatic rings. The fraction of sp³-hybridized carbons (Fsp3) is 0.0400. The molecule has 0 saturated heterocycles. The van der Waals surface area contributed by atoms with E-state index in [1.807, 2.05) is 67.1 Å². The first-order valence-corrected chi connectivity index (χ1v) is 9.61. The Hall–Kier alpha value is -3.47. The van der Waals surface area contributed by atoms with E-state index in [9.17, 15) is 0 Å². The molecular formula is C25H20ClN3O. The van der Waals surface area contributed by atoms with Crippen LogP contribution in [0.2, 0.25) is 0 Å². The molecule has 0 amide bonds. The first-order chi connectivity index (χ1) is 14.4. The highest BCUT2D eigenvalue weighted by Gasteiger charge is 2.33. The normalized spacial score (nSPS) is 16.7. The summed E-state index contributed by atoms with van der Waals surface area (Å²) >= 11 is 0. The first-order valence-electron chi connectivity index (χ1n) is 9.61. The smallest absolute Gasteiger partial charge is 0.244 e. The lowest BCUT2D eigenvalue weighted by Gasteiger charge is -2.14. The largest absolute Gasteiger partial charge is 1.00 e. The highest BCUT2D eigenvalue weighted by atomic mass is 35.5. The number of hydrogen-bond donors (Lipinski definition) is 1. The van der Waals surface area contributed by atoms with Gasteiger partial charge in [0.05, 0.1) is 18.0 Å². The molecule has 1 unspecified atom stereocenters. The van der Waals surface area contributed by atoms with Gasteiger partial charge in [-0.3, -0.25) is 4.99 Å². The molecule has 0 aliphatic carbocycles. The molecule has 0 fully saturated rings. The molecule has 4 nitrogen and oxygen atoms in total. The Morgan fingerprint density at radius 2 is 1.53 bits per heavy atom. The molecule has 0 saturated carbocycles. The lowest BCUT2D eigenvalue weighted by atomic mass is 10.1. The molecule has 148 valence electrons. The summed E-state index contributed by atoms with van der Waals surface area (Å²) in [6, 6.07) is 28.6. The van der Waals surface area contributed by atoms with Crippen molar-refractivity contribution in [3.63, 3.8) is 0 Å². The number of allylic oxidation sites excluding steroid dienone is 1. The molecule has 5 rings (SSSR count). The molecule has 0 aromatic heterocycles. The van der Waals surface area contributed by atoms with Crippen molar-refractivity contribution in [2.24, 2.45) is 9.98 Å². The molecule has 3 aromatic carbocycles. The van der Waals surface area contributed by atoms with Crippen LogP contribution in [0, 0.1) is 0 Å². The van der Waals surface area contributed by atoms with Crippen molar-refractivity contribution in [3.8, 4) is 5.75 Å². The van der Waals surface area contributed by atoms with Crippen LogP contribution < -0.4 is 22.0 Å². The van der Waals surface area contributed by atoms with Gasteiger partial charge in [0.15, 0.2) is 5.70 Å². The van der Waals surface area contributed by atoms with E-state index in [0.29, 0.717) is 6.61 Å². The minimum Gasteiger partial charge on any atom is -1.00 e. The van der Waals surface area contributed by atoms with Gasteiger partial charge in [-0.25, -0.2) is 4.90 Å². The molecule has 1 N–H and O–H groups in total. The number of quaternary nitrogens is 1. The average molecular weight is 414 g/mol. The zero-order valence-corrected chi connectivity index (χ0v) is 17.0. The van der Waals surface area contributed by atoms with E-state index in [1.54, 1.807) is 0 Å². The van der Waals surface area contributed by atoms with E-state index in [4.69, 9.17) is 9.73 Å². The predicted octanol–water partition coefficient (Wildman–Crippen LogP) is 0.839. The van der Waals surface area contributed by atoms with Gasteiger partial charge >= 0.3 is 0 Å². The summed E-state index contributed by atoms with van der Waals surface area (Å²) in [6.07, 6.45) is 5.74. The van der Waals surface area contributed by atoms with Crippen LogP contribution in [0.5, 0.6) is 5.75 Å². The Bertz CT molecular complexity index is 1150. The average Bonchev–Trinajstić information content (AvgIpc) is 3.19. The summed E-state index contributed by atoms with van der Waals surface area (Å²) in [4.78, 5) is 10.4. The SMILES string of the molecule is C1=C[NH+]2C(c3cccc(OCc4ccccc4)c3)=NC(c3ccccc3)=C2C=N1.[Cl-]. The van der Waals surface area contributed by atoms with Crippen molar-refractivity contribution in [1.82, 2.24) is 0 Å². The van der Waals surface area contributed by atoms with Crippen molar-refractivity contribution < 1.29 is 22.0 Å². The number of hydrogen-bond acceptors (Lipinski definition) is 3. The monoisotopic (exact) mass is 413 g/mol. The third-order valence-corrected chi connectivity index (χ3v) is 4.96. The van der Waals surface area contributed by atoms with Crippen molar-refractivity contribution in [1.29, 1.82) is 0 Å². The fourth-order valence-electron chi connectivity index (χ4n) is 3.53. The number of benzene rings is 3. The summed E-state index contributed by atoms with van der Waals surface area (Å²) in [7, 11) is 0. The summed E-state index contributed by atoms with van der Waals surface area (Å²) in [5.41, 5.74) is 5.29. The number of aliphatic imine (C=N–C) groups is 2. The minimum atomic E-state index is 0. The van der Waals surface area contributed by atoms with Crippen LogP contribution in [0.4, 0.5) is 0 Å². The molecule has 0 spiro atoms. The van der Waals surface area contributed by atoms with Crippen molar-refractivity contribution in [3.05, 3.63) is 120 Å². The third-order valence-electron chi connectivity index (χ3n) is 4.96. The Kier molecular flexibility index (Phi) is 5.89. The minimum absolute atomic E-state index is 0. The van der Waals surface area contributed by atoms with Crippen LogP contribution in [0.1, 0.15) is 16.7 Å². The van der Waals surface area contributed by atoms with Crippen LogP contribution in [0.3, 0.4) is 0 Å². The van der Waals surface area contributed by atoms with Gasteiger partial charge in [-0.1, -0.05) is 66.7 Å². The lowest BCUT2D eigenvalue weighted by molar-refractivity contribution is -0.688. The number of halogens is 1. The van der Waals surface area contributed by atoms with Crippen molar-refractivity contribution in [2.75, 3.05) is 0 Å². The second-order valence-electron chi connectivity index (χ2n) is 6.90. The third kappa shape index (κ3) is 3.96. The fourth-order valence-corrected chi connectivity index (χ4v) is 3.53. The first kappa shape index (κ1) is 19.8. The summed E-state index contributed by atoms with van der Waals surface area (Å²) < 4.78 is 6.02. The van der Waals surface area contributed by atoms with Crippen molar-refractivity contribution >= 4 is 17.7 Å². The Morgan fingerprint density at radius 3 is 2.33 bits per heavy atom. The van der Waals surface area contributed by atoms with Gasteiger partial charge in [-0.15, -0.1) is 0 Å². The molecule has 3 aromatic rings. The van der Waals surface area contributed by atoms with E-state index < -0.39 is 0 Å². The quantitative estimate of drug-likeness (QED) is 0.661. The van der Waals surface area contributed by atoms with Crippen LogP contribution in [-0.2, 0) is 6.61 Å². The molecule has 30 heavy (non-hydrogen) atoms. The standard InChI is InChI=1S/C25H19N3O.ClH/c1-3-8-19(9-4-1)18-29-22-13-7-12-21(16-22)25-27-24(20-10-5-2-6-11-20)23-17-26-14-15-28(23)25;/h1-17H,18H2;1H. The number of fused-ring (bicyclic) bond motifs is 1. The van der Waals surface area contributed by atoms with Crippen LogP contribution in [0.15, 0.2) is 113 Å². The van der Waals surface area contributed by atoms with E-state index in [2.05, 4.69) is 41.4 Å². The highest BCUT2D eigenvalue weighted by Crippen LogP contribution is 2.24. The Balaban J connectivity index is 0.00000218. The van der Waals surface area contributed by atoms with Gasteiger partial charge in [0, 0.05) is 5.56 Å². The van der Waals surface area contributed by atoms with Gasteiger partial charge in [-0.05, 0) is 23.8 Å². The van der Waals surface area contributed by atoms with Gasteiger partial charge < -0.3 is 17.1 Å². The highest BCUT2D eigenvalue weighted by molar-refractivity contribution is 6.05. The molecule has 5 heteroatoms. The topological polar surface area (TPSA) is 38.4 Å². The zero-order chi connectivity index (χ0) is 19.5. The Morgan fingerprint density at radius 1 is 0.800 bits per heavy atom. The van der Waals surface area contributed by atoms with Crippen molar-refractivity contribution in [2.45, 2.75) is 6.61 Å². The summed E-state index contributed by atoms with van der Waals surface area (Å²) in [5.74, 6) is 1.78. The van der Waals surface area contributed by atoms with Crippen LogP contribution in [0.25, 0.3) is 5.70 Å². The molecular weight excluding hydrogens is 394 g/mol. The number of nitrogens with one attached hydrogen (secondary N) is 1. The van der Waals surface area contributed by atoms with Gasteiger partial charge in [0.25, 0.3) is 0 Å². The van der Waals surface area contributed by atoms with E-state index in [0.717, 1.165) is 44.6 Å². The maximum atomic E-state index is 6.02. The lowest BCUT2D eigenvalue weighted by Crippen LogP contribution is -3.08. The van der Waals surface area contributed by atoms with Gasteiger partial charge in [-0.2, -0.15) is 4.99 Å². The van der Waals surface area contributed by atoms with E-state index >= 15 is 0 Å². The van der Waals surface area contributed by atoms with Gasteiger partial charge in [0.2, 0.25) is 5.84 Å². The van der Waals surface area contributed by atoms with Crippen LogP contribution >= 0.6 is 0 Å². The van der Waals surface area contributed by atoms with E-state index in [1.165, 1.54) is 0 Å². The maximum absolute atomic E-state index is 6.02. The second kappa shape index (κ2) is 8.91. The molecule has 2 heterocycles. The number of amidine groups is 1. The summed E-state index contributed by atoms with van der Waals surface area (Å²) in [6.45, 7) is 0.540. The van der Waals surface area contributed by atoms with E-state index in [-0.39, 0.29) is 12.4 Å². The summed E-state index contributed by atoms with van der Waals surface area (Å²) in [5, 5.41) is 0. The Labute approximate surface area is 182 Å². The molecule has 1 atom stereocenters. The second-order valence-corrected chi connectivity index (χ2v) is 6.90. The van der Waals surface area contributed by atoms with Crippen LogP contribution in [-0.4, -0.2) is 12.1 Å². The maximum Gasteiger partial charge on any atom is 0.244 e. The predicted molar refractivity (Wildman–Crippen MR) is 116 cm³/mol. The van der Waals surface area contributed by atoms with Gasteiger partial charge in [0.1, 0.15) is 24.3 Å². The molecule has 2 aliphatic heterocycles. The number of rotatable bonds is 5. The number of nitrogens with zero attached hydrogens (tertiary/aromatic N) is 2.